The molecule has 0 saturated heterocycles. The van der Waals surface area contributed by atoms with Gasteiger partial charge in [-0.2, -0.15) is 0 Å². The van der Waals surface area contributed by atoms with Gasteiger partial charge in [0.2, 0.25) is 6.29 Å². The molecule has 0 radical (unpaired) electrons. The fourth-order valence-electron chi connectivity index (χ4n) is 2.81. The molecular weight excluding hydrogens is 260 g/mol. The maximum atomic E-state index is 12.5. The molecule has 0 amide bonds. The first-order chi connectivity index (χ1) is 9.41. The van der Waals surface area contributed by atoms with Crippen LogP contribution in [0, 0.1) is 18.8 Å². The Morgan fingerprint density at radius 3 is 2.65 bits per heavy atom. The molecule has 0 fully saturated rings. The monoisotopic (exact) mass is 276 g/mol. The molecule has 0 spiro atoms. The van der Waals surface area contributed by atoms with Gasteiger partial charge in [-0.25, -0.2) is 0 Å². The number of ether oxygens (including phenoxy) is 1. The van der Waals surface area contributed by atoms with E-state index in [0.29, 0.717) is 23.1 Å². The Hall–Kier alpha value is -1.88. The van der Waals surface area contributed by atoms with Crippen molar-refractivity contribution in [3.63, 3.8) is 0 Å². The van der Waals surface area contributed by atoms with Crippen molar-refractivity contribution in [1.82, 2.24) is 0 Å². The van der Waals surface area contributed by atoms with Crippen LogP contribution in [0.5, 0.6) is 0 Å². The zero-order valence-corrected chi connectivity index (χ0v) is 11.6. The maximum absolute atomic E-state index is 12.5. The Bertz CT molecular complexity index is 635. The first kappa shape index (κ1) is 13.1. The largest absolute Gasteiger partial charge is 0.460 e. The lowest BCUT2D eigenvalue weighted by molar-refractivity contribution is -0.123. The summed E-state index contributed by atoms with van der Waals surface area (Å²) in [6.45, 7) is 5.64. The van der Waals surface area contributed by atoms with Crippen molar-refractivity contribution in [3.8, 4) is 0 Å². The van der Waals surface area contributed by atoms with Gasteiger partial charge in [0.05, 0.1) is 11.8 Å². The predicted molar refractivity (Wildman–Crippen MR) is 69.2 cm³/mol. The van der Waals surface area contributed by atoms with Crippen LogP contribution in [-0.2, 0) is 4.74 Å². The minimum atomic E-state index is -1.07. The Kier molecular flexibility index (Phi) is 2.83. The average molecular weight is 276 g/mol. The Balaban J connectivity index is 2.09. The maximum Gasteiger partial charge on any atom is 0.263 e. The van der Waals surface area contributed by atoms with Crippen LogP contribution in [0.15, 0.2) is 22.0 Å². The number of allylic oxidation sites excluding steroid dienone is 2. The van der Waals surface area contributed by atoms with E-state index in [9.17, 15) is 14.7 Å². The molecule has 106 valence electrons. The highest BCUT2D eigenvalue weighted by Gasteiger charge is 2.44. The molecule has 2 aliphatic rings. The molecule has 1 aromatic rings. The van der Waals surface area contributed by atoms with Crippen LogP contribution in [0.2, 0.25) is 0 Å². The molecule has 5 nitrogen and oxygen atoms in total. The van der Waals surface area contributed by atoms with Crippen molar-refractivity contribution in [1.29, 1.82) is 0 Å². The number of aliphatic hydroxyl groups excluding tert-OH is 1. The van der Waals surface area contributed by atoms with Gasteiger partial charge in [0, 0.05) is 11.5 Å². The number of Topliss-reactive ketones (excluding diaryl/α,β-unsaturated/α-hetero) is 2. The fourth-order valence-corrected chi connectivity index (χ4v) is 2.81. The highest BCUT2D eigenvalue weighted by Crippen LogP contribution is 2.39. The molecular formula is C15H16O5. The lowest BCUT2D eigenvalue weighted by Gasteiger charge is -2.34. The third-order valence-electron chi connectivity index (χ3n) is 4.06. The van der Waals surface area contributed by atoms with Gasteiger partial charge < -0.3 is 14.3 Å². The molecule has 2 heterocycles. The Morgan fingerprint density at radius 1 is 1.30 bits per heavy atom. The van der Waals surface area contributed by atoms with Gasteiger partial charge in [0.25, 0.3) is 5.78 Å². The topological polar surface area (TPSA) is 76.7 Å². The van der Waals surface area contributed by atoms with Gasteiger partial charge in [-0.3, -0.25) is 9.59 Å². The quantitative estimate of drug-likeness (QED) is 0.851. The van der Waals surface area contributed by atoms with Gasteiger partial charge in [0.1, 0.15) is 0 Å². The second-order valence-corrected chi connectivity index (χ2v) is 5.71. The number of rotatable bonds is 1. The summed E-state index contributed by atoms with van der Waals surface area (Å²) in [6, 6.07) is 0. The molecule has 2 atom stereocenters. The summed E-state index contributed by atoms with van der Waals surface area (Å²) in [4.78, 5) is 24.8. The molecule has 1 aliphatic carbocycles. The summed E-state index contributed by atoms with van der Waals surface area (Å²) >= 11 is 0. The van der Waals surface area contributed by atoms with E-state index in [0.717, 1.165) is 0 Å². The van der Waals surface area contributed by atoms with E-state index in [2.05, 4.69) is 0 Å². The number of carbonyl (C=O) groups is 2. The van der Waals surface area contributed by atoms with Crippen LogP contribution >= 0.6 is 0 Å². The molecule has 0 bridgehead atoms. The molecule has 2 unspecified atom stereocenters. The van der Waals surface area contributed by atoms with Gasteiger partial charge >= 0.3 is 0 Å². The Morgan fingerprint density at radius 2 is 2.00 bits per heavy atom. The third kappa shape index (κ3) is 1.66. The van der Waals surface area contributed by atoms with Crippen LogP contribution in [0.3, 0.4) is 0 Å². The summed E-state index contributed by atoms with van der Waals surface area (Å²) in [6.07, 6.45) is 0.682. The van der Waals surface area contributed by atoms with Gasteiger partial charge in [-0.05, 0) is 24.8 Å². The van der Waals surface area contributed by atoms with Crippen molar-refractivity contribution in [2.24, 2.45) is 11.8 Å². The zero-order valence-electron chi connectivity index (χ0n) is 11.6. The van der Waals surface area contributed by atoms with Crippen molar-refractivity contribution in [3.05, 3.63) is 34.5 Å². The highest BCUT2D eigenvalue weighted by molar-refractivity contribution is 6.25. The summed E-state index contributed by atoms with van der Waals surface area (Å²) in [5, 5.41) is 9.98. The second-order valence-electron chi connectivity index (χ2n) is 5.71. The van der Waals surface area contributed by atoms with Gasteiger partial charge in [0.15, 0.2) is 17.3 Å². The highest BCUT2D eigenvalue weighted by atomic mass is 16.6. The number of hydrogen-bond donors (Lipinski definition) is 1. The van der Waals surface area contributed by atoms with E-state index in [4.69, 9.17) is 9.15 Å². The molecule has 1 N–H and O–H groups in total. The van der Waals surface area contributed by atoms with Crippen molar-refractivity contribution < 1.29 is 23.8 Å². The van der Waals surface area contributed by atoms with Crippen LogP contribution in [0.1, 0.15) is 46.7 Å². The molecule has 0 aromatic carbocycles. The lowest BCUT2D eigenvalue weighted by Crippen LogP contribution is -2.38. The zero-order chi connectivity index (χ0) is 14.6. The standard InChI is InChI=1S/C15H16O5/c1-6(2)8-4-9-11(16)10-7(3)5-19-14(10)12(17)13(9)20-15(8)18/h5-6,8,15,18H,4H2,1-3H3. The third-order valence-corrected chi connectivity index (χ3v) is 4.06. The van der Waals surface area contributed by atoms with Gasteiger partial charge in [-0.1, -0.05) is 13.8 Å². The summed E-state index contributed by atoms with van der Waals surface area (Å²) in [5.41, 5.74) is 1.34. The van der Waals surface area contributed by atoms with Crippen molar-refractivity contribution >= 4 is 11.6 Å². The molecule has 1 aliphatic heterocycles. The van der Waals surface area contributed by atoms with Crippen LogP contribution < -0.4 is 0 Å². The minimum Gasteiger partial charge on any atom is -0.460 e. The first-order valence-electron chi connectivity index (χ1n) is 6.67. The van der Waals surface area contributed by atoms with Crippen LogP contribution in [0.25, 0.3) is 0 Å². The number of carbonyl (C=O) groups excluding carboxylic acids is 2. The van der Waals surface area contributed by atoms with Crippen molar-refractivity contribution in [2.45, 2.75) is 33.5 Å². The van der Waals surface area contributed by atoms with E-state index in [1.807, 2.05) is 13.8 Å². The normalized spacial score (nSPS) is 25.6. The number of ketones is 2. The lowest BCUT2D eigenvalue weighted by atomic mass is 9.80. The van der Waals surface area contributed by atoms with E-state index >= 15 is 0 Å². The summed E-state index contributed by atoms with van der Waals surface area (Å²) in [5.74, 6) is -0.766. The number of hydrogen-bond acceptors (Lipinski definition) is 5. The number of fused-ring (bicyclic) bond motifs is 1. The molecule has 5 heteroatoms. The number of aliphatic hydroxyl groups is 1. The van der Waals surface area contributed by atoms with E-state index in [1.165, 1.54) is 6.26 Å². The van der Waals surface area contributed by atoms with Crippen LogP contribution in [-0.4, -0.2) is 23.0 Å². The summed E-state index contributed by atoms with van der Waals surface area (Å²) in [7, 11) is 0. The van der Waals surface area contributed by atoms with E-state index in [-0.39, 0.29) is 29.1 Å². The van der Waals surface area contributed by atoms with Crippen LogP contribution in [0.4, 0.5) is 0 Å². The van der Waals surface area contributed by atoms with Crippen molar-refractivity contribution in [2.75, 3.05) is 0 Å². The molecule has 0 saturated carbocycles. The SMILES string of the molecule is Cc1coc2c1C(=O)C1=C(OC(O)C(C(C)C)C1)C2=O. The number of aryl methyl sites for hydroxylation is 1. The predicted octanol–water partition coefficient (Wildman–Crippen LogP) is 2.23. The first-order valence-corrected chi connectivity index (χ1v) is 6.67. The fraction of sp³-hybridized carbons (Fsp3) is 0.467. The van der Waals surface area contributed by atoms with Gasteiger partial charge in [-0.15, -0.1) is 0 Å². The second kappa shape index (κ2) is 4.31. The smallest absolute Gasteiger partial charge is 0.263 e. The molecule has 1 aromatic heterocycles. The number of furan rings is 1. The molecule has 3 rings (SSSR count). The van der Waals surface area contributed by atoms with E-state index in [1.54, 1.807) is 6.92 Å². The summed E-state index contributed by atoms with van der Waals surface area (Å²) < 4.78 is 10.5. The molecule has 20 heavy (non-hydrogen) atoms. The average Bonchev–Trinajstić information content (AvgIpc) is 2.77. The minimum absolute atomic E-state index is 0.0152. The Labute approximate surface area is 116 Å². The van der Waals surface area contributed by atoms with E-state index < -0.39 is 12.1 Å².